The number of rotatable bonds is 9. The molecule has 37 heavy (non-hydrogen) atoms. The highest BCUT2D eigenvalue weighted by Crippen LogP contribution is 2.24. The van der Waals surface area contributed by atoms with Gasteiger partial charge in [0, 0.05) is 25.5 Å². The van der Waals surface area contributed by atoms with Crippen LogP contribution in [0.1, 0.15) is 15.2 Å². The predicted octanol–water partition coefficient (Wildman–Crippen LogP) is 6.65. The van der Waals surface area contributed by atoms with Crippen molar-refractivity contribution < 1.29 is 14.4 Å². The first-order chi connectivity index (χ1) is 18.0. The molecule has 0 saturated heterocycles. The van der Waals surface area contributed by atoms with E-state index < -0.39 is 5.91 Å². The van der Waals surface area contributed by atoms with E-state index in [2.05, 4.69) is 31.9 Å². The predicted molar refractivity (Wildman–Crippen MR) is 155 cm³/mol. The highest BCUT2D eigenvalue weighted by Gasteiger charge is 2.16. The Morgan fingerprint density at radius 3 is 2.41 bits per heavy atom. The Kier molecular flexibility index (Phi) is 9.31. The second-order valence-corrected chi connectivity index (χ2v) is 10.6. The van der Waals surface area contributed by atoms with Gasteiger partial charge >= 0.3 is 0 Å². The van der Waals surface area contributed by atoms with Gasteiger partial charge < -0.3 is 16.0 Å². The van der Waals surface area contributed by atoms with Crippen LogP contribution in [0, 0.1) is 0 Å². The lowest BCUT2D eigenvalue weighted by atomic mass is 10.2. The average Bonchev–Trinajstić information content (AvgIpc) is 3.42. The smallest absolute Gasteiger partial charge is 0.272 e. The number of amides is 3. The number of carbonyl (C=O) groups is 3. The number of anilines is 2. The van der Waals surface area contributed by atoms with Crippen LogP contribution in [0.15, 0.2) is 111 Å². The van der Waals surface area contributed by atoms with Crippen molar-refractivity contribution in [3.05, 3.63) is 117 Å². The number of hydrogen-bond acceptors (Lipinski definition) is 5. The van der Waals surface area contributed by atoms with Crippen LogP contribution >= 0.6 is 39.0 Å². The van der Waals surface area contributed by atoms with Crippen molar-refractivity contribution in [1.82, 2.24) is 5.32 Å². The van der Waals surface area contributed by atoms with Gasteiger partial charge in [-0.15, -0.1) is 23.1 Å². The van der Waals surface area contributed by atoms with Crippen molar-refractivity contribution in [3.63, 3.8) is 0 Å². The van der Waals surface area contributed by atoms with Gasteiger partial charge in [0.15, 0.2) is 0 Å². The van der Waals surface area contributed by atoms with Crippen LogP contribution in [0.25, 0.3) is 6.08 Å². The minimum atomic E-state index is -0.452. The Bertz CT molecular complexity index is 1420. The lowest BCUT2D eigenvalue weighted by Gasteiger charge is -2.12. The molecule has 3 amide bonds. The molecule has 186 valence electrons. The maximum atomic E-state index is 13.2. The van der Waals surface area contributed by atoms with E-state index in [-0.39, 0.29) is 23.3 Å². The molecule has 9 heteroatoms. The number of thiophene rings is 1. The molecule has 4 aromatic rings. The number of benzene rings is 3. The molecule has 3 N–H and O–H groups in total. The molecule has 0 fully saturated rings. The number of nitrogens with one attached hydrogen (secondary N) is 3. The molecule has 4 rings (SSSR count). The van der Waals surface area contributed by atoms with E-state index in [4.69, 9.17) is 0 Å². The first kappa shape index (κ1) is 26.4. The normalized spacial score (nSPS) is 11.0. The van der Waals surface area contributed by atoms with Crippen LogP contribution in [-0.2, 0) is 9.59 Å². The summed E-state index contributed by atoms with van der Waals surface area (Å²) in [4.78, 5) is 39.9. The molecule has 0 aliphatic rings. The first-order valence-corrected chi connectivity index (χ1v) is 13.8. The summed E-state index contributed by atoms with van der Waals surface area (Å²) in [7, 11) is 0. The minimum absolute atomic E-state index is 0.127. The van der Waals surface area contributed by atoms with Crippen LogP contribution in [0.3, 0.4) is 0 Å². The number of halogens is 1. The van der Waals surface area contributed by atoms with Crippen LogP contribution in [-0.4, -0.2) is 23.5 Å². The molecule has 1 aromatic heterocycles. The largest absolute Gasteiger partial charge is 0.324 e. The Morgan fingerprint density at radius 2 is 1.65 bits per heavy atom. The SMILES string of the molecule is O=C(CSc1cccc(NC(=O)/C(=C/c2cccs2)NC(=O)c2ccccc2)c1)Nc1ccccc1Br. The molecule has 0 aliphatic heterocycles. The standard InChI is InChI=1S/C28H22BrN3O3S2/c29-23-13-4-5-14-24(23)31-26(33)18-37-21-11-6-10-20(16-21)30-28(35)25(17-22-12-7-15-36-22)32-27(34)19-8-2-1-3-9-19/h1-17H,18H2,(H,30,35)(H,31,33)(H,32,34)/b25-17-. The molecule has 1 heterocycles. The Balaban J connectivity index is 1.42. The lowest BCUT2D eigenvalue weighted by Crippen LogP contribution is -2.30. The summed E-state index contributed by atoms with van der Waals surface area (Å²) in [6.45, 7) is 0. The fraction of sp³-hybridized carbons (Fsp3) is 0.0357. The monoisotopic (exact) mass is 591 g/mol. The van der Waals surface area contributed by atoms with Gasteiger partial charge in [0.1, 0.15) is 5.70 Å². The molecule has 0 bridgehead atoms. The van der Waals surface area contributed by atoms with Crippen molar-refractivity contribution in [2.24, 2.45) is 0 Å². The van der Waals surface area contributed by atoms with E-state index in [1.165, 1.54) is 23.1 Å². The third-order valence-corrected chi connectivity index (χ3v) is 7.47. The summed E-state index contributed by atoms with van der Waals surface area (Å²) >= 11 is 6.23. The van der Waals surface area contributed by atoms with Crippen LogP contribution in [0.2, 0.25) is 0 Å². The van der Waals surface area contributed by atoms with Crippen LogP contribution < -0.4 is 16.0 Å². The molecule has 0 radical (unpaired) electrons. The number of para-hydroxylation sites is 1. The van der Waals surface area contributed by atoms with Gasteiger partial charge in [-0.3, -0.25) is 14.4 Å². The molecular weight excluding hydrogens is 570 g/mol. The third-order valence-electron chi connectivity index (χ3n) is 4.97. The van der Waals surface area contributed by atoms with Crippen LogP contribution in [0.5, 0.6) is 0 Å². The van der Waals surface area contributed by atoms with Gasteiger partial charge in [0.05, 0.1) is 11.4 Å². The molecular formula is C28H22BrN3O3S2. The first-order valence-electron chi connectivity index (χ1n) is 11.2. The number of carbonyl (C=O) groups excluding carboxylic acids is 3. The van der Waals surface area contributed by atoms with Gasteiger partial charge in [0.25, 0.3) is 11.8 Å². The fourth-order valence-corrected chi connectivity index (χ4v) is 5.01. The van der Waals surface area contributed by atoms with E-state index in [0.29, 0.717) is 16.9 Å². The zero-order chi connectivity index (χ0) is 26.0. The van der Waals surface area contributed by atoms with Crippen molar-refractivity contribution in [1.29, 1.82) is 0 Å². The maximum absolute atomic E-state index is 13.2. The van der Waals surface area contributed by atoms with Crippen molar-refractivity contribution >= 4 is 74.2 Å². The van der Waals surface area contributed by atoms with Crippen molar-refractivity contribution in [3.8, 4) is 0 Å². The lowest BCUT2D eigenvalue weighted by molar-refractivity contribution is -0.114. The molecule has 0 atom stereocenters. The van der Waals surface area contributed by atoms with E-state index >= 15 is 0 Å². The zero-order valence-electron chi connectivity index (χ0n) is 19.4. The molecule has 0 saturated carbocycles. The van der Waals surface area contributed by atoms with Gasteiger partial charge in [0.2, 0.25) is 5.91 Å². The minimum Gasteiger partial charge on any atom is -0.324 e. The van der Waals surface area contributed by atoms with Gasteiger partial charge in [-0.1, -0.05) is 42.5 Å². The van der Waals surface area contributed by atoms with Crippen molar-refractivity contribution in [2.45, 2.75) is 4.90 Å². The van der Waals surface area contributed by atoms with Crippen LogP contribution in [0.4, 0.5) is 11.4 Å². The summed E-state index contributed by atoms with van der Waals surface area (Å²) in [5.74, 6) is -0.767. The Morgan fingerprint density at radius 1 is 0.865 bits per heavy atom. The zero-order valence-corrected chi connectivity index (χ0v) is 22.7. The molecule has 0 aliphatic carbocycles. The summed E-state index contributed by atoms with van der Waals surface area (Å²) in [6, 6.07) is 27.1. The van der Waals surface area contributed by atoms with E-state index in [1.54, 1.807) is 48.5 Å². The Hall–Kier alpha value is -3.66. The highest BCUT2D eigenvalue weighted by atomic mass is 79.9. The average molecular weight is 593 g/mol. The second kappa shape index (κ2) is 13.0. The maximum Gasteiger partial charge on any atom is 0.272 e. The molecule has 0 unspecified atom stereocenters. The topological polar surface area (TPSA) is 87.3 Å². The number of thioether (sulfide) groups is 1. The summed E-state index contributed by atoms with van der Waals surface area (Å²) in [5.41, 5.74) is 1.83. The fourth-order valence-electron chi connectivity index (χ4n) is 3.22. The number of hydrogen-bond donors (Lipinski definition) is 3. The van der Waals surface area contributed by atoms with E-state index in [9.17, 15) is 14.4 Å². The molecule has 3 aromatic carbocycles. The van der Waals surface area contributed by atoms with Gasteiger partial charge in [-0.05, 0) is 75.9 Å². The third kappa shape index (κ3) is 7.91. The summed E-state index contributed by atoms with van der Waals surface area (Å²) < 4.78 is 0.809. The second-order valence-electron chi connectivity index (χ2n) is 7.69. The van der Waals surface area contributed by atoms with Gasteiger partial charge in [-0.25, -0.2) is 0 Å². The van der Waals surface area contributed by atoms with E-state index in [0.717, 1.165) is 14.2 Å². The quantitative estimate of drug-likeness (QED) is 0.150. The Labute approximate surface area is 231 Å². The molecule has 0 spiro atoms. The van der Waals surface area contributed by atoms with Crippen molar-refractivity contribution in [2.75, 3.05) is 16.4 Å². The summed E-state index contributed by atoms with van der Waals surface area (Å²) in [5, 5.41) is 10.3. The highest BCUT2D eigenvalue weighted by molar-refractivity contribution is 9.10. The van der Waals surface area contributed by atoms with Gasteiger partial charge in [-0.2, -0.15) is 0 Å². The molecule has 6 nitrogen and oxygen atoms in total. The summed E-state index contributed by atoms with van der Waals surface area (Å²) in [6.07, 6.45) is 1.64. The van der Waals surface area contributed by atoms with E-state index in [1.807, 2.05) is 53.9 Å².